The van der Waals surface area contributed by atoms with Gasteiger partial charge in [0.25, 0.3) is 0 Å². The van der Waals surface area contributed by atoms with E-state index in [0.29, 0.717) is 29.0 Å². The second-order valence-electron chi connectivity index (χ2n) is 7.54. The Kier molecular flexibility index (Phi) is 9.98. The molecule has 2 atom stereocenters. The minimum absolute atomic E-state index is 0.142. The molecule has 0 aliphatic rings. The van der Waals surface area contributed by atoms with Crippen molar-refractivity contribution in [2.45, 2.75) is 45.4 Å². The predicted octanol–water partition coefficient (Wildman–Crippen LogP) is 2.76. The van der Waals surface area contributed by atoms with Gasteiger partial charge in [0.2, 0.25) is 0 Å². The van der Waals surface area contributed by atoms with Crippen molar-refractivity contribution < 1.29 is 38.7 Å². The number of aliphatic hydroxyl groups is 1. The van der Waals surface area contributed by atoms with Crippen LogP contribution in [0.1, 0.15) is 46.5 Å². The smallest absolute Gasteiger partial charge is 0.339 e. The molecule has 0 radical (unpaired) electrons. The van der Waals surface area contributed by atoms with Crippen molar-refractivity contribution in [3.63, 3.8) is 0 Å². The van der Waals surface area contributed by atoms with Crippen LogP contribution < -0.4 is 9.47 Å². The van der Waals surface area contributed by atoms with Gasteiger partial charge in [0.05, 0.1) is 46.5 Å². The number of aromatic nitrogens is 1. The van der Waals surface area contributed by atoms with Gasteiger partial charge < -0.3 is 33.7 Å². The number of esters is 1. The van der Waals surface area contributed by atoms with Crippen molar-refractivity contribution in [1.82, 2.24) is 4.57 Å². The van der Waals surface area contributed by atoms with Crippen LogP contribution in [0, 0.1) is 18.8 Å². The summed E-state index contributed by atoms with van der Waals surface area (Å²) in [5, 5.41) is 20.4. The fraction of sp³-hybridized carbons (Fsp3) is 0.440. The molecule has 2 N–H and O–H groups in total. The molecule has 0 aliphatic heterocycles. The van der Waals surface area contributed by atoms with Gasteiger partial charge in [-0.2, -0.15) is 0 Å². The first-order valence-corrected chi connectivity index (χ1v) is 10.7. The van der Waals surface area contributed by atoms with Gasteiger partial charge in [-0.15, -0.1) is 11.8 Å². The van der Waals surface area contributed by atoms with Crippen molar-refractivity contribution in [1.29, 1.82) is 0 Å². The fourth-order valence-electron chi connectivity index (χ4n) is 3.59. The van der Waals surface area contributed by atoms with Crippen LogP contribution in [0.25, 0.3) is 0 Å². The van der Waals surface area contributed by atoms with E-state index in [1.54, 1.807) is 29.8 Å². The average molecular weight is 474 g/mol. The van der Waals surface area contributed by atoms with E-state index >= 15 is 0 Å². The number of rotatable bonds is 12. The number of hydrogen-bond acceptors (Lipinski definition) is 7. The molecule has 0 fully saturated rings. The van der Waals surface area contributed by atoms with Crippen LogP contribution in [-0.4, -0.2) is 60.8 Å². The number of methoxy groups -OCH3 is 3. The normalized spacial score (nSPS) is 12.3. The molecule has 184 valence electrons. The van der Waals surface area contributed by atoms with Gasteiger partial charge in [0.15, 0.2) is 0 Å². The van der Waals surface area contributed by atoms with E-state index in [-0.39, 0.29) is 25.1 Å². The zero-order valence-electron chi connectivity index (χ0n) is 20.1. The summed E-state index contributed by atoms with van der Waals surface area (Å²) in [4.78, 5) is 23.4. The van der Waals surface area contributed by atoms with Crippen LogP contribution in [0.4, 0.5) is 0 Å². The van der Waals surface area contributed by atoms with E-state index in [9.17, 15) is 19.8 Å². The Labute approximate surface area is 199 Å². The van der Waals surface area contributed by atoms with Gasteiger partial charge in [0, 0.05) is 24.4 Å². The molecule has 0 bridgehead atoms. The van der Waals surface area contributed by atoms with Gasteiger partial charge in [-0.05, 0) is 37.1 Å². The number of carbonyl (C=O) groups excluding carboxylic acids is 1. The molecule has 1 aromatic carbocycles. The third kappa shape index (κ3) is 6.76. The summed E-state index contributed by atoms with van der Waals surface area (Å²) in [5.41, 5.74) is 1.77. The number of carboxylic acids is 1. The number of ether oxygens (including phenoxy) is 4. The molecule has 2 rings (SSSR count). The molecule has 9 nitrogen and oxygen atoms in total. The lowest BCUT2D eigenvalue weighted by atomic mass is 10.0. The van der Waals surface area contributed by atoms with Crippen LogP contribution in [0.5, 0.6) is 11.5 Å². The topological polar surface area (TPSA) is 116 Å². The molecule has 9 heteroatoms. The maximum atomic E-state index is 12.1. The molecule has 34 heavy (non-hydrogen) atoms. The molecule has 0 spiro atoms. The molecule has 2 unspecified atom stereocenters. The molecular formula is C25H31NO8. The first kappa shape index (κ1) is 26.8. The number of nitrogens with zero attached hydrogens (tertiary/aromatic N) is 1. The summed E-state index contributed by atoms with van der Waals surface area (Å²) in [7, 11) is 4.30. The van der Waals surface area contributed by atoms with Crippen molar-refractivity contribution in [2.24, 2.45) is 0 Å². The average Bonchev–Trinajstić information content (AvgIpc) is 3.21. The van der Waals surface area contributed by atoms with E-state index in [0.717, 1.165) is 5.56 Å². The summed E-state index contributed by atoms with van der Waals surface area (Å²) in [6.45, 7) is 4.00. The highest BCUT2D eigenvalue weighted by molar-refractivity contribution is 5.92. The fourth-order valence-corrected chi connectivity index (χ4v) is 3.59. The molecule has 0 amide bonds. The van der Waals surface area contributed by atoms with Crippen LogP contribution in [-0.2, 0) is 27.2 Å². The number of aliphatic carboxylic acids is 1. The monoisotopic (exact) mass is 473 g/mol. The van der Waals surface area contributed by atoms with Gasteiger partial charge in [-0.1, -0.05) is 0 Å². The van der Waals surface area contributed by atoms with E-state index in [2.05, 4.69) is 11.8 Å². The van der Waals surface area contributed by atoms with Crippen molar-refractivity contribution in [2.75, 3.05) is 27.9 Å². The van der Waals surface area contributed by atoms with E-state index in [1.807, 2.05) is 6.92 Å². The first-order chi connectivity index (χ1) is 16.2. The van der Waals surface area contributed by atoms with E-state index in [4.69, 9.17) is 18.9 Å². The van der Waals surface area contributed by atoms with Gasteiger partial charge >= 0.3 is 11.9 Å². The number of benzene rings is 1. The molecule has 0 saturated heterocycles. The number of carboxylic acid groups (broad SMARTS) is 1. The molecular weight excluding hydrogens is 442 g/mol. The number of aliphatic hydroxyl groups excluding tert-OH is 1. The standard InChI is InChI=1S/C25H31NO8/c1-6-7-8-9-34-22(24(29)17-10-20(31-3)16(2)21(11-17)32-4)15-26-13-18(12-23(27)28)19(14-26)25(30)33-5/h10-11,13-14,22,24,29H,8-9,12,15H2,1-5H3,(H,27,28). The Morgan fingerprint density at radius 1 is 1.12 bits per heavy atom. The quantitative estimate of drug-likeness (QED) is 0.275. The summed E-state index contributed by atoms with van der Waals surface area (Å²) in [6.07, 6.45) is 1.35. The number of carbonyl (C=O) groups is 2. The van der Waals surface area contributed by atoms with Gasteiger partial charge in [0.1, 0.15) is 23.7 Å². The lowest BCUT2D eigenvalue weighted by Crippen LogP contribution is -2.28. The molecule has 1 heterocycles. The van der Waals surface area contributed by atoms with Gasteiger partial charge in [-0.25, -0.2) is 4.79 Å². The summed E-state index contributed by atoms with van der Waals surface area (Å²) < 4.78 is 23.2. The lowest BCUT2D eigenvalue weighted by Gasteiger charge is -2.25. The maximum Gasteiger partial charge on any atom is 0.339 e. The van der Waals surface area contributed by atoms with Crippen molar-refractivity contribution >= 4 is 11.9 Å². The summed E-state index contributed by atoms with van der Waals surface area (Å²) >= 11 is 0. The van der Waals surface area contributed by atoms with Crippen molar-refractivity contribution in [3.8, 4) is 23.3 Å². The predicted molar refractivity (Wildman–Crippen MR) is 124 cm³/mol. The molecule has 0 saturated carbocycles. The summed E-state index contributed by atoms with van der Waals surface area (Å²) in [6, 6.07) is 3.44. The Morgan fingerprint density at radius 3 is 2.29 bits per heavy atom. The van der Waals surface area contributed by atoms with Gasteiger partial charge in [-0.3, -0.25) is 4.79 Å². The molecule has 1 aromatic heterocycles. The van der Waals surface area contributed by atoms with Crippen LogP contribution in [0.3, 0.4) is 0 Å². The highest BCUT2D eigenvalue weighted by Crippen LogP contribution is 2.34. The minimum atomic E-state index is -1.08. The van der Waals surface area contributed by atoms with Crippen LogP contribution >= 0.6 is 0 Å². The second kappa shape index (κ2) is 12.7. The Morgan fingerprint density at radius 2 is 1.76 bits per heavy atom. The maximum absolute atomic E-state index is 12.1. The Bertz CT molecular complexity index is 1040. The van der Waals surface area contributed by atoms with Crippen LogP contribution in [0.15, 0.2) is 24.5 Å². The zero-order valence-corrected chi connectivity index (χ0v) is 20.1. The zero-order chi connectivity index (χ0) is 25.3. The van der Waals surface area contributed by atoms with Crippen LogP contribution in [0.2, 0.25) is 0 Å². The Hall–Kier alpha value is -3.48. The molecule has 2 aromatic rings. The Balaban J connectivity index is 2.41. The van der Waals surface area contributed by atoms with E-state index < -0.39 is 24.1 Å². The largest absolute Gasteiger partial charge is 0.496 e. The lowest BCUT2D eigenvalue weighted by molar-refractivity contribution is -0.136. The third-order valence-electron chi connectivity index (χ3n) is 5.30. The third-order valence-corrected chi connectivity index (χ3v) is 5.30. The highest BCUT2D eigenvalue weighted by Gasteiger charge is 2.26. The highest BCUT2D eigenvalue weighted by atomic mass is 16.5. The second-order valence-corrected chi connectivity index (χ2v) is 7.54. The minimum Gasteiger partial charge on any atom is -0.496 e. The first-order valence-electron chi connectivity index (χ1n) is 10.7. The van der Waals surface area contributed by atoms with Crippen molar-refractivity contribution in [3.05, 3.63) is 46.8 Å². The molecule has 0 aliphatic carbocycles. The summed E-state index contributed by atoms with van der Waals surface area (Å²) in [5.74, 6) is 5.11. The SMILES string of the molecule is CC#CCCOC(Cn1cc(CC(=O)O)c(C(=O)OC)c1)C(O)c1cc(OC)c(C)c(OC)c1. The number of hydrogen-bond donors (Lipinski definition) is 2. The van der Waals surface area contributed by atoms with E-state index in [1.165, 1.54) is 27.5 Å².